The van der Waals surface area contributed by atoms with Crippen LogP contribution in [0.5, 0.6) is 0 Å². The standard InChI is InChI=1S/C12H10FN5/c13-9-3-1-7(2-4-9)10-11(17-18-12(10)14)8-5-15-16-6-8/h1-6H,(H,15,16)(H3,14,17,18). The molecule has 4 N–H and O–H groups in total. The maximum absolute atomic E-state index is 12.9. The topological polar surface area (TPSA) is 83.4 Å². The number of nitrogens with zero attached hydrogens (tertiary/aromatic N) is 2. The molecule has 3 aromatic rings. The van der Waals surface area contributed by atoms with Gasteiger partial charge < -0.3 is 5.73 Å². The highest BCUT2D eigenvalue weighted by Gasteiger charge is 2.15. The van der Waals surface area contributed by atoms with Crippen LogP contribution < -0.4 is 5.73 Å². The van der Waals surface area contributed by atoms with E-state index in [9.17, 15) is 4.39 Å². The molecule has 0 saturated heterocycles. The van der Waals surface area contributed by atoms with Crippen molar-refractivity contribution >= 4 is 5.82 Å². The second-order valence-corrected chi connectivity index (χ2v) is 3.85. The summed E-state index contributed by atoms with van der Waals surface area (Å²) in [6.45, 7) is 0. The molecule has 0 atom stereocenters. The number of nitrogens with two attached hydrogens (primary N) is 1. The number of hydrogen-bond acceptors (Lipinski definition) is 3. The molecular formula is C12H10FN5. The summed E-state index contributed by atoms with van der Waals surface area (Å²) in [6, 6.07) is 6.11. The Morgan fingerprint density at radius 3 is 2.56 bits per heavy atom. The van der Waals surface area contributed by atoms with Gasteiger partial charge in [0, 0.05) is 11.8 Å². The van der Waals surface area contributed by atoms with Crippen LogP contribution in [-0.4, -0.2) is 20.4 Å². The third-order valence-electron chi connectivity index (χ3n) is 2.71. The fourth-order valence-corrected chi connectivity index (χ4v) is 1.86. The minimum atomic E-state index is -0.286. The summed E-state index contributed by atoms with van der Waals surface area (Å²) in [7, 11) is 0. The lowest BCUT2D eigenvalue weighted by atomic mass is 10.0. The van der Waals surface area contributed by atoms with Gasteiger partial charge in [-0.2, -0.15) is 10.2 Å². The van der Waals surface area contributed by atoms with E-state index in [1.165, 1.54) is 12.1 Å². The van der Waals surface area contributed by atoms with Crippen LogP contribution in [0.2, 0.25) is 0 Å². The molecule has 6 heteroatoms. The first-order valence-corrected chi connectivity index (χ1v) is 5.34. The lowest BCUT2D eigenvalue weighted by Gasteiger charge is -2.02. The zero-order chi connectivity index (χ0) is 12.5. The van der Waals surface area contributed by atoms with Gasteiger partial charge in [-0.3, -0.25) is 10.2 Å². The van der Waals surface area contributed by atoms with Gasteiger partial charge >= 0.3 is 0 Å². The maximum Gasteiger partial charge on any atom is 0.153 e. The highest BCUT2D eigenvalue weighted by molar-refractivity contribution is 5.87. The first-order valence-electron chi connectivity index (χ1n) is 5.34. The summed E-state index contributed by atoms with van der Waals surface area (Å²) in [4.78, 5) is 0. The normalized spacial score (nSPS) is 10.7. The van der Waals surface area contributed by atoms with Crippen LogP contribution in [0.15, 0.2) is 36.7 Å². The number of rotatable bonds is 2. The monoisotopic (exact) mass is 243 g/mol. The van der Waals surface area contributed by atoms with E-state index in [0.717, 1.165) is 22.4 Å². The zero-order valence-electron chi connectivity index (χ0n) is 9.31. The quantitative estimate of drug-likeness (QED) is 0.645. The van der Waals surface area contributed by atoms with Gasteiger partial charge in [0.15, 0.2) is 5.82 Å². The van der Waals surface area contributed by atoms with E-state index >= 15 is 0 Å². The number of aromatic amines is 2. The van der Waals surface area contributed by atoms with Crippen molar-refractivity contribution in [1.82, 2.24) is 20.4 Å². The Hall–Kier alpha value is -2.63. The van der Waals surface area contributed by atoms with Gasteiger partial charge in [0.1, 0.15) is 5.82 Å². The minimum absolute atomic E-state index is 0.286. The smallest absolute Gasteiger partial charge is 0.153 e. The van der Waals surface area contributed by atoms with E-state index in [0.29, 0.717) is 5.82 Å². The Morgan fingerprint density at radius 2 is 1.89 bits per heavy atom. The van der Waals surface area contributed by atoms with Crippen LogP contribution in [-0.2, 0) is 0 Å². The molecule has 0 amide bonds. The summed E-state index contributed by atoms with van der Waals surface area (Å²) >= 11 is 0. The highest BCUT2D eigenvalue weighted by Crippen LogP contribution is 2.34. The maximum atomic E-state index is 12.9. The van der Waals surface area contributed by atoms with Gasteiger partial charge in [-0.1, -0.05) is 12.1 Å². The van der Waals surface area contributed by atoms with Crippen LogP contribution in [0, 0.1) is 5.82 Å². The number of aromatic nitrogens is 4. The molecule has 2 heterocycles. The molecule has 0 aliphatic heterocycles. The summed E-state index contributed by atoms with van der Waals surface area (Å²) in [6.07, 6.45) is 3.40. The molecule has 3 rings (SSSR count). The van der Waals surface area contributed by atoms with Crippen molar-refractivity contribution in [2.75, 3.05) is 5.73 Å². The predicted octanol–water partition coefficient (Wildman–Crippen LogP) is 2.19. The largest absolute Gasteiger partial charge is 0.382 e. The first kappa shape index (κ1) is 10.5. The number of nitrogens with one attached hydrogen (secondary N) is 2. The average Bonchev–Trinajstić information content (AvgIpc) is 2.99. The highest BCUT2D eigenvalue weighted by atomic mass is 19.1. The summed E-state index contributed by atoms with van der Waals surface area (Å²) in [5.74, 6) is 0.0866. The van der Waals surface area contributed by atoms with Gasteiger partial charge in [0.25, 0.3) is 0 Å². The number of benzene rings is 1. The van der Waals surface area contributed by atoms with E-state index in [-0.39, 0.29) is 5.82 Å². The molecule has 1 aromatic carbocycles. The van der Waals surface area contributed by atoms with Crippen molar-refractivity contribution in [1.29, 1.82) is 0 Å². The zero-order valence-corrected chi connectivity index (χ0v) is 9.31. The summed E-state index contributed by atoms with van der Waals surface area (Å²) in [5.41, 5.74) is 9.01. The van der Waals surface area contributed by atoms with Crippen LogP contribution >= 0.6 is 0 Å². The number of hydrogen-bond donors (Lipinski definition) is 3. The van der Waals surface area contributed by atoms with Gasteiger partial charge in [-0.25, -0.2) is 4.39 Å². The van der Waals surface area contributed by atoms with Crippen molar-refractivity contribution in [3.8, 4) is 22.4 Å². The van der Waals surface area contributed by atoms with Crippen molar-refractivity contribution in [3.05, 3.63) is 42.5 Å². The third-order valence-corrected chi connectivity index (χ3v) is 2.71. The lowest BCUT2D eigenvalue weighted by Crippen LogP contribution is -1.88. The molecule has 0 aliphatic rings. The summed E-state index contributed by atoms with van der Waals surface area (Å²) in [5, 5.41) is 13.5. The van der Waals surface area contributed by atoms with Gasteiger partial charge in [0.05, 0.1) is 17.5 Å². The van der Waals surface area contributed by atoms with Crippen molar-refractivity contribution < 1.29 is 4.39 Å². The predicted molar refractivity (Wildman–Crippen MR) is 66.0 cm³/mol. The Morgan fingerprint density at radius 1 is 1.11 bits per heavy atom. The molecule has 90 valence electrons. The lowest BCUT2D eigenvalue weighted by molar-refractivity contribution is 0.628. The second kappa shape index (κ2) is 3.99. The van der Waals surface area contributed by atoms with Crippen molar-refractivity contribution in [2.24, 2.45) is 0 Å². The van der Waals surface area contributed by atoms with Crippen molar-refractivity contribution in [2.45, 2.75) is 0 Å². The molecule has 5 nitrogen and oxygen atoms in total. The van der Waals surface area contributed by atoms with E-state index in [1.54, 1.807) is 24.5 Å². The van der Waals surface area contributed by atoms with Crippen LogP contribution in [0.25, 0.3) is 22.4 Å². The minimum Gasteiger partial charge on any atom is -0.382 e. The fraction of sp³-hybridized carbons (Fsp3) is 0. The SMILES string of the molecule is Nc1n[nH]c(-c2cn[nH]c2)c1-c1ccc(F)cc1. The van der Waals surface area contributed by atoms with Gasteiger partial charge in [-0.15, -0.1) is 0 Å². The second-order valence-electron chi connectivity index (χ2n) is 3.85. The van der Waals surface area contributed by atoms with Crippen molar-refractivity contribution in [3.63, 3.8) is 0 Å². The molecule has 0 fully saturated rings. The number of nitrogen functional groups attached to an aromatic ring is 1. The van der Waals surface area contributed by atoms with Crippen LogP contribution in [0.3, 0.4) is 0 Å². The number of anilines is 1. The van der Waals surface area contributed by atoms with Gasteiger partial charge in [0.2, 0.25) is 0 Å². The molecule has 0 aliphatic carbocycles. The Labute approximate surface area is 102 Å². The average molecular weight is 243 g/mol. The van der Waals surface area contributed by atoms with E-state index in [2.05, 4.69) is 20.4 Å². The van der Waals surface area contributed by atoms with E-state index < -0.39 is 0 Å². The van der Waals surface area contributed by atoms with Gasteiger partial charge in [-0.05, 0) is 17.7 Å². The third kappa shape index (κ3) is 1.64. The molecule has 18 heavy (non-hydrogen) atoms. The molecule has 0 spiro atoms. The molecule has 0 bridgehead atoms. The molecule has 0 unspecified atom stereocenters. The fourth-order valence-electron chi connectivity index (χ4n) is 1.86. The molecule has 0 saturated carbocycles. The Kier molecular flexibility index (Phi) is 2.33. The first-order chi connectivity index (χ1) is 8.75. The van der Waals surface area contributed by atoms with Crippen LogP contribution in [0.4, 0.5) is 10.2 Å². The van der Waals surface area contributed by atoms with E-state index in [1.807, 2.05) is 0 Å². The molecular weight excluding hydrogens is 233 g/mol. The summed E-state index contributed by atoms with van der Waals surface area (Å²) < 4.78 is 12.9. The number of H-pyrrole nitrogens is 2. The van der Waals surface area contributed by atoms with E-state index in [4.69, 9.17) is 5.73 Å². The molecule has 2 aromatic heterocycles. The Balaban J connectivity index is 2.17. The Bertz CT molecular complexity index is 654. The van der Waals surface area contributed by atoms with Crippen LogP contribution in [0.1, 0.15) is 0 Å². The molecule has 0 radical (unpaired) electrons. The number of halogens is 1.